The van der Waals surface area contributed by atoms with E-state index in [9.17, 15) is 4.79 Å². The molecule has 1 aromatic rings. The van der Waals surface area contributed by atoms with Crippen LogP contribution < -0.4 is 9.47 Å². The van der Waals surface area contributed by atoms with E-state index < -0.39 is 0 Å². The van der Waals surface area contributed by atoms with Crippen molar-refractivity contribution in [3.05, 3.63) is 23.8 Å². The highest BCUT2D eigenvalue weighted by atomic mass is 16.6. The molecule has 1 amide bonds. The van der Waals surface area contributed by atoms with Crippen LogP contribution in [0.1, 0.15) is 50.5 Å². The van der Waals surface area contributed by atoms with Crippen LogP contribution in [0.2, 0.25) is 0 Å². The maximum atomic E-state index is 12.8. The Bertz CT molecular complexity index is 611. The fourth-order valence-corrected chi connectivity index (χ4v) is 4.08. The molecular formula is C20H27NO3. The molecule has 0 bridgehead atoms. The first-order chi connectivity index (χ1) is 11.7. The van der Waals surface area contributed by atoms with Crippen LogP contribution >= 0.6 is 0 Å². The van der Waals surface area contributed by atoms with E-state index in [4.69, 9.17) is 9.47 Å². The largest absolute Gasteiger partial charge is 0.486 e. The normalized spacial score (nSPS) is 24.5. The molecule has 0 radical (unpaired) electrons. The van der Waals surface area contributed by atoms with Crippen molar-refractivity contribution in [2.75, 3.05) is 26.3 Å². The summed E-state index contributed by atoms with van der Waals surface area (Å²) in [5, 5.41) is 0. The van der Waals surface area contributed by atoms with Gasteiger partial charge in [-0.05, 0) is 61.1 Å². The van der Waals surface area contributed by atoms with E-state index in [-0.39, 0.29) is 0 Å². The predicted octanol–water partition coefficient (Wildman–Crippen LogP) is 3.60. The Morgan fingerprint density at radius 3 is 2.75 bits per heavy atom. The standard InChI is InChI=1S/C20H27NO3/c1-14-3-2-8-21(13-14)20(22)12-17(15-4-5-15)16-6-7-18-19(11-16)24-10-9-23-18/h6-7,11,14-15,17H,2-5,8-10,12-13H2,1H3. The zero-order chi connectivity index (χ0) is 16.5. The molecular weight excluding hydrogens is 302 g/mol. The first-order valence-electron chi connectivity index (χ1n) is 9.38. The van der Waals surface area contributed by atoms with Gasteiger partial charge < -0.3 is 14.4 Å². The summed E-state index contributed by atoms with van der Waals surface area (Å²) in [4.78, 5) is 14.9. The van der Waals surface area contributed by atoms with Gasteiger partial charge in [-0.3, -0.25) is 4.79 Å². The number of likely N-dealkylation sites (tertiary alicyclic amines) is 1. The second-order valence-electron chi connectivity index (χ2n) is 7.64. The van der Waals surface area contributed by atoms with Gasteiger partial charge >= 0.3 is 0 Å². The second kappa shape index (κ2) is 6.66. The smallest absolute Gasteiger partial charge is 0.223 e. The molecule has 2 unspecified atom stereocenters. The number of hydrogen-bond acceptors (Lipinski definition) is 3. The quantitative estimate of drug-likeness (QED) is 0.847. The van der Waals surface area contributed by atoms with Crippen molar-refractivity contribution in [1.29, 1.82) is 0 Å². The van der Waals surface area contributed by atoms with E-state index in [0.717, 1.165) is 31.0 Å². The van der Waals surface area contributed by atoms with Crippen molar-refractivity contribution >= 4 is 5.91 Å². The van der Waals surface area contributed by atoms with Crippen LogP contribution in [0.5, 0.6) is 11.5 Å². The zero-order valence-corrected chi connectivity index (χ0v) is 14.5. The Morgan fingerprint density at radius 1 is 1.21 bits per heavy atom. The van der Waals surface area contributed by atoms with Gasteiger partial charge in [0.05, 0.1) is 0 Å². The maximum Gasteiger partial charge on any atom is 0.223 e. The molecule has 4 nitrogen and oxygen atoms in total. The monoisotopic (exact) mass is 329 g/mol. The van der Waals surface area contributed by atoms with E-state index in [1.165, 1.54) is 24.8 Å². The fourth-order valence-electron chi connectivity index (χ4n) is 4.08. The molecule has 0 N–H and O–H groups in total. The molecule has 3 aliphatic rings. The van der Waals surface area contributed by atoms with Gasteiger partial charge in [0.2, 0.25) is 5.91 Å². The first kappa shape index (κ1) is 15.8. The lowest BCUT2D eigenvalue weighted by Gasteiger charge is -2.32. The number of hydrogen-bond donors (Lipinski definition) is 0. The average molecular weight is 329 g/mol. The van der Waals surface area contributed by atoms with Crippen molar-refractivity contribution in [2.24, 2.45) is 11.8 Å². The van der Waals surface area contributed by atoms with Gasteiger partial charge in [0.25, 0.3) is 0 Å². The number of amides is 1. The molecule has 2 atom stereocenters. The SMILES string of the molecule is CC1CCCN(C(=O)CC(c2ccc3c(c2)OCCO3)C2CC2)C1. The van der Waals surface area contributed by atoms with Crippen molar-refractivity contribution in [2.45, 2.75) is 44.9 Å². The van der Waals surface area contributed by atoms with Gasteiger partial charge in [0.1, 0.15) is 13.2 Å². The third-order valence-electron chi connectivity index (χ3n) is 5.59. The van der Waals surface area contributed by atoms with Crippen molar-refractivity contribution in [1.82, 2.24) is 4.90 Å². The van der Waals surface area contributed by atoms with Crippen molar-refractivity contribution in [3.63, 3.8) is 0 Å². The molecule has 1 saturated carbocycles. The number of piperidine rings is 1. The average Bonchev–Trinajstić information content (AvgIpc) is 3.44. The minimum atomic E-state index is 0.325. The lowest BCUT2D eigenvalue weighted by atomic mass is 9.89. The van der Waals surface area contributed by atoms with Crippen LogP contribution in [0.3, 0.4) is 0 Å². The van der Waals surface area contributed by atoms with E-state index in [1.54, 1.807) is 0 Å². The summed E-state index contributed by atoms with van der Waals surface area (Å²) in [5.74, 6) is 3.60. The molecule has 0 spiro atoms. The lowest BCUT2D eigenvalue weighted by molar-refractivity contribution is -0.133. The van der Waals surface area contributed by atoms with Crippen LogP contribution in [0.4, 0.5) is 0 Å². The Kier molecular flexibility index (Phi) is 4.38. The predicted molar refractivity (Wildman–Crippen MR) is 92.5 cm³/mol. The number of carbonyl (C=O) groups is 1. The Labute approximate surface area is 144 Å². The maximum absolute atomic E-state index is 12.8. The molecule has 2 heterocycles. The summed E-state index contributed by atoms with van der Waals surface area (Å²) in [6.45, 7) is 5.33. The second-order valence-corrected chi connectivity index (χ2v) is 7.64. The van der Waals surface area contributed by atoms with Gasteiger partial charge in [-0.1, -0.05) is 13.0 Å². The summed E-state index contributed by atoms with van der Waals surface area (Å²) in [5.41, 5.74) is 1.24. The van der Waals surface area contributed by atoms with Crippen molar-refractivity contribution in [3.8, 4) is 11.5 Å². The highest BCUT2D eigenvalue weighted by Crippen LogP contribution is 2.46. The number of fused-ring (bicyclic) bond motifs is 1. The lowest BCUT2D eigenvalue weighted by Crippen LogP contribution is -2.39. The van der Waals surface area contributed by atoms with E-state index in [1.807, 2.05) is 6.07 Å². The topological polar surface area (TPSA) is 38.8 Å². The third kappa shape index (κ3) is 3.38. The van der Waals surface area contributed by atoms with Crippen LogP contribution in [0.25, 0.3) is 0 Å². The summed E-state index contributed by atoms with van der Waals surface area (Å²) < 4.78 is 11.4. The van der Waals surface area contributed by atoms with Gasteiger partial charge in [-0.25, -0.2) is 0 Å². The highest BCUT2D eigenvalue weighted by Gasteiger charge is 2.35. The van der Waals surface area contributed by atoms with E-state index in [2.05, 4.69) is 24.0 Å². The summed E-state index contributed by atoms with van der Waals surface area (Å²) in [6, 6.07) is 6.23. The summed E-state index contributed by atoms with van der Waals surface area (Å²) in [6.07, 6.45) is 5.51. The zero-order valence-electron chi connectivity index (χ0n) is 14.5. The number of nitrogens with zero attached hydrogens (tertiary/aromatic N) is 1. The van der Waals surface area contributed by atoms with E-state index in [0.29, 0.717) is 43.3 Å². The molecule has 130 valence electrons. The first-order valence-corrected chi connectivity index (χ1v) is 9.38. The molecule has 2 aliphatic heterocycles. The van der Waals surface area contributed by atoms with Crippen LogP contribution in [-0.2, 0) is 4.79 Å². The van der Waals surface area contributed by atoms with Crippen molar-refractivity contribution < 1.29 is 14.3 Å². The van der Waals surface area contributed by atoms with Gasteiger partial charge in [-0.2, -0.15) is 0 Å². The number of benzene rings is 1. The molecule has 1 saturated heterocycles. The molecule has 4 heteroatoms. The number of carbonyl (C=O) groups excluding carboxylic acids is 1. The van der Waals surface area contributed by atoms with Gasteiger partial charge in [-0.15, -0.1) is 0 Å². The van der Waals surface area contributed by atoms with Gasteiger partial charge in [0, 0.05) is 19.5 Å². The van der Waals surface area contributed by atoms with Crippen LogP contribution in [0.15, 0.2) is 18.2 Å². The van der Waals surface area contributed by atoms with Gasteiger partial charge in [0.15, 0.2) is 11.5 Å². The molecule has 24 heavy (non-hydrogen) atoms. The molecule has 1 aromatic carbocycles. The fraction of sp³-hybridized carbons (Fsp3) is 0.650. The minimum Gasteiger partial charge on any atom is -0.486 e. The van der Waals surface area contributed by atoms with Crippen LogP contribution in [-0.4, -0.2) is 37.1 Å². The Hall–Kier alpha value is -1.71. The van der Waals surface area contributed by atoms with E-state index >= 15 is 0 Å². The third-order valence-corrected chi connectivity index (χ3v) is 5.59. The Morgan fingerprint density at radius 2 is 2.00 bits per heavy atom. The number of ether oxygens (including phenoxy) is 2. The number of rotatable bonds is 4. The minimum absolute atomic E-state index is 0.325. The molecule has 1 aliphatic carbocycles. The molecule has 0 aromatic heterocycles. The molecule has 2 fully saturated rings. The van der Waals surface area contributed by atoms with Crippen LogP contribution in [0, 0.1) is 11.8 Å². The highest BCUT2D eigenvalue weighted by molar-refractivity contribution is 5.77. The summed E-state index contributed by atoms with van der Waals surface area (Å²) >= 11 is 0. The summed E-state index contributed by atoms with van der Waals surface area (Å²) in [7, 11) is 0. The Balaban J connectivity index is 1.49. The molecule has 4 rings (SSSR count).